The van der Waals surface area contributed by atoms with E-state index in [-0.39, 0.29) is 30.6 Å². The Kier molecular flexibility index (Phi) is 6.78. The van der Waals surface area contributed by atoms with Crippen LogP contribution in [-0.2, 0) is 17.8 Å². The smallest absolute Gasteiger partial charge is 0.324 e. The van der Waals surface area contributed by atoms with Gasteiger partial charge in [0, 0.05) is 12.1 Å². The van der Waals surface area contributed by atoms with Crippen molar-refractivity contribution in [1.82, 2.24) is 15.5 Å². The highest BCUT2D eigenvalue weighted by atomic mass is 19.1. The Balaban J connectivity index is 1.35. The molecule has 1 aliphatic heterocycles. The lowest BCUT2D eigenvalue weighted by Crippen LogP contribution is -2.50. The molecule has 1 fully saturated rings. The summed E-state index contributed by atoms with van der Waals surface area (Å²) >= 11 is 0. The summed E-state index contributed by atoms with van der Waals surface area (Å²) in [6.07, 6.45) is 0.807. The van der Waals surface area contributed by atoms with Crippen molar-refractivity contribution in [3.63, 3.8) is 0 Å². The van der Waals surface area contributed by atoms with Crippen LogP contribution in [0.5, 0.6) is 0 Å². The first kappa shape index (κ1) is 22.2. The van der Waals surface area contributed by atoms with E-state index in [0.717, 1.165) is 16.9 Å². The number of amides is 4. The van der Waals surface area contributed by atoms with E-state index >= 15 is 0 Å². The highest BCUT2D eigenvalue weighted by molar-refractivity contribution is 5.97. The lowest BCUT2D eigenvalue weighted by atomic mass is 10.0. The summed E-state index contributed by atoms with van der Waals surface area (Å²) in [7, 11) is 0. The summed E-state index contributed by atoms with van der Waals surface area (Å²) < 4.78 is 13.2. The molecule has 0 saturated carbocycles. The minimum Gasteiger partial charge on any atom is -0.352 e. The van der Waals surface area contributed by atoms with E-state index in [9.17, 15) is 18.8 Å². The highest BCUT2D eigenvalue weighted by Gasteiger charge is 2.32. The van der Waals surface area contributed by atoms with E-state index in [0.29, 0.717) is 23.2 Å². The first-order valence-corrected chi connectivity index (χ1v) is 10.8. The van der Waals surface area contributed by atoms with Crippen LogP contribution in [0.3, 0.4) is 0 Å². The SMILES string of the molecule is O=C(NCCc1ccccc1)c1cccc(CN2C(=O)CC(c3ccc(F)cc3)NC2=O)c1. The number of halogens is 1. The minimum absolute atomic E-state index is 0.0614. The zero-order valence-electron chi connectivity index (χ0n) is 18.0. The van der Waals surface area contributed by atoms with Gasteiger partial charge in [0.05, 0.1) is 19.0 Å². The Bertz CT molecular complexity index is 1130. The summed E-state index contributed by atoms with van der Waals surface area (Å²) in [5, 5.41) is 5.70. The number of nitrogens with zero attached hydrogens (tertiary/aromatic N) is 1. The van der Waals surface area contributed by atoms with Crippen molar-refractivity contribution in [2.24, 2.45) is 0 Å². The monoisotopic (exact) mass is 445 g/mol. The van der Waals surface area contributed by atoms with Crippen LogP contribution in [0.2, 0.25) is 0 Å². The third-order valence-electron chi connectivity index (χ3n) is 5.57. The molecule has 3 aromatic rings. The fourth-order valence-electron chi connectivity index (χ4n) is 3.79. The van der Waals surface area contributed by atoms with Crippen molar-refractivity contribution in [1.29, 1.82) is 0 Å². The van der Waals surface area contributed by atoms with Gasteiger partial charge in [0.2, 0.25) is 5.91 Å². The minimum atomic E-state index is -0.515. The van der Waals surface area contributed by atoms with Crippen molar-refractivity contribution < 1.29 is 18.8 Å². The van der Waals surface area contributed by atoms with Gasteiger partial charge >= 0.3 is 6.03 Å². The van der Waals surface area contributed by atoms with Crippen molar-refractivity contribution in [3.05, 3.63) is 107 Å². The molecule has 0 bridgehead atoms. The van der Waals surface area contributed by atoms with Crippen LogP contribution in [0.1, 0.15) is 39.5 Å². The third-order valence-corrected chi connectivity index (χ3v) is 5.57. The lowest BCUT2D eigenvalue weighted by Gasteiger charge is -2.31. The molecule has 0 aromatic heterocycles. The number of nitrogens with one attached hydrogen (secondary N) is 2. The van der Waals surface area contributed by atoms with Crippen molar-refractivity contribution >= 4 is 17.8 Å². The van der Waals surface area contributed by atoms with Gasteiger partial charge in [-0.05, 0) is 47.4 Å². The summed E-state index contributed by atoms with van der Waals surface area (Å²) in [5.41, 5.74) is 2.95. The molecule has 4 amide bonds. The standard InChI is InChI=1S/C26H24FN3O3/c27-22-11-9-20(10-12-22)23-16-24(31)30(26(33)29-23)17-19-7-4-8-21(15-19)25(32)28-14-13-18-5-2-1-3-6-18/h1-12,15,23H,13-14,16-17H2,(H,28,32)(H,29,33). The predicted octanol–water partition coefficient (Wildman–Crippen LogP) is 3.98. The molecule has 1 atom stereocenters. The zero-order chi connectivity index (χ0) is 23.2. The average molecular weight is 445 g/mol. The first-order valence-electron chi connectivity index (χ1n) is 10.8. The van der Waals surface area contributed by atoms with Crippen molar-refractivity contribution in [3.8, 4) is 0 Å². The van der Waals surface area contributed by atoms with E-state index < -0.39 is 12.1 Å². The Morgan fingerprint density at radius 1 is 0.970 bits per heavy atom. The number of urea groups is 1. The van der Waals surface area contributed by atoms with Gasteiger partial charge in [-0.15, -0.1) is 0 Å². The molecular weight excluding hydrogens is 421 g/mol. The maximum Gasteiger partial charge on any atom is 0.324 e. The molecule has 1 heterocycles. The molecule has 7 heteroatoms. The van der Waals surface area contributed by atoms with Gasteiger partial charge in [-0.2, -0.15) is 0 Å². The van der Waals surface area contributed by atoms with Crippen LogP contribution in [-0.4, -0.2) is 29.3 Å². The molecule has 33 heavy (non-hydrogen) atoms. The van der Waals surface area contributed by atoms with E-state index in [1.807, 2.05) is 30.3 Å². The molecule has 1 saturated heterocycles. The second-order valence-electron chi connectivity index (χ2n) is 7.93. The normalized spacial score (nSPS) is 15.8. The Labute approximate surface area is 191 Å². The number of hydrogen-bond acceptors (Lipinski definition) is 3. The number of benzene rings is 3. The van der Waals surface area contributed by atoms with Crippen LogP contribution < -0.4 is 10.6 Å². The molecule has 3 aromatic carbocycles. The molecule has 1 aliphatic rings. The largest absolute Gasteiger partial charge is 0.352 e. The maximum atomic E-state index is 13.2. The molecule has 0 aliphatic carbocycles. The van der Waals surface area contributed by atoms with Crippen LogP contribution in [0.4, 0.5) is 9.18 Å². The number of carbonyl (C=O) groups is 3. The third kappa shape index (κ3) is 5.63. The molecule has 2 N–H and O–H groups in total. The molecule has 168 valence electrons. The fraction of sp³-hybridized carbons (Fsp3) is 0.192. The van der Waals surface area contributed by atoms with Crippen LogP contribution in [0, 0.1) is 5.82 Å². The maximum absolute atomic E-state index is 13.2. The topological polar surface area (TPSA) is 78.5 Å². The van der Waals surface area contributed by atoms with Crippen molar-refractivity contribution in [2.45, 2.75) is 25.4 Å². The quantitative estimate of drug-likeness (QED) is 0.577. The van der Waals surface area contributed by atoms with Gasteiger partial charge in [0.15, 0.2) is 0 Å². The van der Waals surface area contributed by atoms with Gasteiger partial charge in [-0.3, -0.25) is 14.5 Å². The summed E-state index contributed by atoms with van der Waals surface area (Å²) in [4.78, 5) is 38.9. The van der Waals surface area contributed by atoms with Gasteiger partial charge < -0.3 is 10.6 Å². The predicted molar refractivity (Wildman–Crippen MR) is 122 cm³/mol. The van der Waals surface area contributed by atoms with Crippen LogP contribution in [0.25, 0.3) is 0 Å². The second-order valence-corrected chi connectivity index (χ2v) is 7.93. The summed E-state index contributed by atoms with van der Waals surface area (Å²) in [5.74, 6) is -0.915. The van der Waals surface area contributed by atoms with E-state index in [1.165, 1.54) is 12.1 Å². The summed E-state index contributed by atoms with van der Waals surface area (Å²) in [6, 6.07) is 21.5. The molecular formula is C26H24FN3O3. The number of hydrogen-bond donors (Lipinski definition) is 2. The summed E-state index contributed by atoms with van der Waals surface area (Å²) in [6.45, 7) is 0.566. The van der Waals surface area contributed by atoms with Gasteiger partial charge in [-0.25, -0.2) is 9.18 Å². The van der Waals surface area contributed by atoms with E-state index in [4.69, 9.17) is 0 Å². The average Bonchev–Trinajstić information content (AvgIpc) is 2.82. The Morgan fingerprint density at radius 3 is 2.42 bits per heavy atom. The van der Waals surface area contributed by atoms with E-state index in [2.05, 4.69) is 10.6 Å². The number of imide groups is 1. The highest BCUT2D eigenvalue weighted by Crippen LogP contribution is 2.24. The van der Waals surface area contributed by atoms with Crippen LogP contribution in [0.15, 0.2) is 78.9 Å². The molecule has 1 unspecified atom stereocenters. The first-order chi connectivity index (χ1) is 16.0. The fourth-order valence-corrected chi connectivity index (χ4v) is 3.79. The number of rotatable bonds is 7. The van der Waals surface area contributed by atoms with Gasteiger partial charge in [-0.1, -0.05) is 54.6 Å². The van der Waals surface area contributed by atoms with Gasteiger partial charge in [0.1, 0.15) is 5.82 Å². The van der Waals surface area contributed by atoms with Crippen LogP contribution >= 0.6 is 0 Å². The molecule has 0 radical (unpaired) electrons. The van der Waals surface area contributed by atoms with Gasteiger partial charge in [0.25, 0.3) is 5.91 Å². The zero-order valence-corrected chi connectivity index (χ0v) is 18.0. The molecule has 0 spiro atoms. The Hall–Kier alpha value is -4.00. The molecule has 4 rings (SSSR count). The number of carbonyl (C=O) groups excluding carboxylic acids is 3. The molecule has 6 nitrogen and oxygen atoms in total. The lowest BCUT2D eigenvalue weighted by molar-refractivity contribution is -0.130. The second kappa shape index (κ2) is 10.1. The van der Waals surface area contributed by atoms with E-state index in [1.54, 1.807) is 36.4 Å². The van der Waals surface area contributed by atoms with Crippen molar-refractivity contribution in [2.75, 3.05) is 6.54 Å². The Morgan fingerprint density at radius 2 is 1.70 bits per heavy atom.